The van der Waals surface area contributed by atoms with Gasteiger partial charge in [0, 0.05) is 5.56 Å². The molecule has 1 aromatic heterocycles. The van der Waals surface area contributed by atoms with Crippen molar-refractivity contribution in [2.45, 2.75) is 11.3 Å². The molecule has 1 N–H and O–H groups in total. The third kappa shape index (κ3) is 3.50. The van der Waals surface area contributed by atoms with Crippen molar-refractivity contribution in [1.29, 1.82) is 0 Å². The van der Waals surface area contributed by atoms with Crippen molar-refractivity contribution in [3.63, 3.8) is 0 Å². The molecule has 2 heterocycles. The van der Waals surface area contributed by atoms with Gasteiger partial charge in [-0.15, -0.1) is 10.2 Å². The lowest BCUT2D eigenvalue weighted by Crippen LogP contribution is -2.17. The Balaban J connectivity index is 1.61. The molecule has 0 spiro atoms. The quantitative estimate of drug-likeness (QED) is 0.642. The maximum Gasteiger partial charge on any atom is 0.206 e. The number of aromatic nitrogens is 2. The molecule has 8 heteroatoms. The summed E-state index contributed by atoms with van der Waals surface area (Å²) in [6.07, 6.45) is 0. The highest BCUT2D eigenvalue weighted by atomic mass is 32.2. The minimum absolute atomic E-state index is 0.0307. The van der Waals surface area contributed by atoms with Crippen LogP contribution in [-0.2, 0) is 0 Å². The van der Waals surface area contributed by atoms with Crippen molar-refractivity contribution in [3.8, 4) is 11.5 Å². The standard InChI is InChI=1S/C14H15N3O3S2/c1-2-21-14-17-16-13(22-14)15-8-10(18)9-3-4-11-12(7-9)20-6-5-19-11/h3-4,7H,2,5-6,8H2,1H3,(H,15,16). The number of carbonyl (C=O) groups excluding carboxylic acids is 1. The molecule has 0 unspecified atom stereocenters. The maximum absolute atomic E-state index is 12.2. The molecule has 0 saturated carbocycles. The molecule has 2 aromatic rings. The molecule has 0 radical (unpaired) electrons. The number of ketones is 1. The molecule has 22 heavy (non-hydrogen) atoms. The summed E-state index contributed by atoms with van der Waals surface area (Å²) < 4.78 is 11.8. The van der Waals surface area contributed by atoms with Crippen molar-refractivity contribution < 1.29 is 14.3 Å². The van der Waals surface area contributed by atoms with Gasteiger partial charge >= 0.3 is 0 Å². The van der Waals surface area contributed by atoms with Gasteiger partial charge in [0.2, 0.25) is 5.13 Å². The first-order valence-corrected chi connectivity index (χ1v) is 8.69. The molecule has 1 aromatic carbocycles. The van der Waals surface area contributed by atoms with E-state index in [4.69, 9.17) is 9.47 Å². The summed E-state index contributed by atoms with van der Waals surface area (Å²) in [7, 11) is 0. The van der Waals surface area contributed by atoms with Crippen molar-refractivity contribution in [3.05, 3.63) is 23.8 Å². The Hall–Kier alpha value is -1.80. The van der Waals surface area contributed by atoms with Gasteiger partial charge in [-0.25, -0.2) is 0 Å². The van der Waals surface area contributed by atoms with Gasteiger partial charge in [0.25, 0.3) is 0 Å². The Morgan fingerprint density at radius 3 is 2.95 bits per heavy atom. The van der Waals surface area contributed by atoms with E-state index in [-0.39, 0.29) is 12.3 Å². The second-order valence-corrected chi connectivity index (χ2v) is 6.93. The first kappa shape index (κ1) is 15.1. The number of hydrogen-bond donors (Lipinski definition) is 1. The summed E-state index contributed by atoms with van der Waals surface area (Å²) in [4.78, 5) is 12.2. The molecular formula is C14H15N3O3S2. The molecule has 3 rings (SSSR count). The molecule has 1 aliphatic rings. The van der Waals surface area contributed by atoms with E-state index < -0.39 is 0 Å². The summed E-state index contributed by atoms with van der Waals surface area (Å²) in [5, 5.41) is 11.7. The number of benzene rings is 1. The molecule has 1 aliphatic heterocycles. The van der Waals surface area contributed by atoms with Gasteiger partial charge in [-0.3, -0.25) is 4.79 Å². The predicted molar refractivity (Wildman–Crippen MR) is 86.6 cm³/mol. The number of carbonyl (C=O) groups is 1. The normalized spacial score (nSPS) is 13.0. The number of rotatable bonds is 6. The summed E-state index contributed by atoms with van der Waals surface area (Å²) >= 11 is 3.08. The smallest absolute Gasteiger partial charge is 0.206 e. The summed E-state index contributed by atoms with van der Waals surface area (Å²) in [6.45, 7) is 3.28. The lowest BCUT2D eigenvalue weighted by atomic mass is 10.1. The minimum Gasteiger partial charge on any atom is -0.486 e. The zero-order chi connectivity index (χ0) is 15.4. The van der Waals surface area contributed by atoms with Crippen LogP contribution in [0.25, 0.3) is 0 Å². The van der Waals surface area contributed by atoms with Gasteiger partial charge in [0.05, 0.1) is 6.54 Å². The molecular weight excluding hydrogens is 322 g/mol. The van der Waals surface area contributed by atoms with Crippen LogP contribution in [0, 0.1) is 0 Å². The highest BCUT2D eigenvalue weighted by molar-refractivity contribution is 8.01. The van der Waals surface area contributed by atoms with Crippen LogP contribution in [0.4, 0.5) is 5.13 Å². The van der Waals surface area contributed by atoms with E-state index in [2.05, 4.69) is 22.4 Å². The largest absolute Gasteiger partial charge is 0.486 e. The fourth-order valence-electron chi connectivity index (χ4n) is 1.94. The van der Waals surface area contributed by atoms with Gasteiger partial charge in [0.15, 0.2) is 21.6 Å². The first-order valence-electron chi connectivity index (χ1n) is 6.89. The Kier molecular flexibility index (Phi) is 4.79. The van der Waals surface area contributed by atoms with Gasteiger partial charge in [-0.05, 0) is 24.0 Å². The van der Waals surface area contributed by atoms with Crippen LogP contribution in [0.1, 0.15) is 17.3 Å². The number of thioether (sulfide) groups is 1. The van der Waals surface area contributed by atoms with Crippen molar-refractivity contribution in [2.75, 3.05) is 30.8 Å². The van der Waals surface area contributed by atoms with Gasteiger partial charge in [-0.1, -0.05) is 30.0 Å². The lowest BCUT2D eigenvalue weighted by molar-refractivity contribution is 0.100. The first-order chi connectivity index (χ1) is 10.8. The average Bonchev–Trinajstić information content (AvgIpc) is 3.00. The Bertz CT molecular complexity index is 675. The van der Waals surface area contributed by atoms with Crippen LogP contribution in [0.2, 0.25) is 0 Å². The molecule has 6 nitrogen and oxygen atoms in total. The molecule has 0 fully saturated rings. The summed E-state index contributed by atoms with van der Waals surface area (Å²) in [5.74, 6) is 2.22. The van der Waals surface area contributed by atoms with Crippen LogP contribution in [0.3, 0.4) is 0 Å². The zero-order valence-corrected chi connectivity index (χ0v) is 13.6. The molecule has 0 amide bonds. The number of nitrogens with one attached hydrogen (secondary N) is 1. The molecule has 0 bridgehead atoms. The Morgan fingerprint density at radius 1 is 1.32 bits per heavy atom. The number of anilines is 1. The van der Waals surface area contributed by atoms with Crippen molar-refractivity contribution >= 4 is 34.0 Å². The third-order valence-corrected chi connectivity index (χ3v) is 4.84. The second-order valence-electron chi connectivity index (χ2n) is 4.44. The molecule has 0 aliphatic carbocycles. The van der Waals surface area contributed by atoms with Gasteiger partial charge in [-0.2, -0.15) is 0 Å². The lowest BCUT2D eigenvalue weighted by Gasteiger charge is -2.18. The number of hydrogen-bond acceptors (Lipinski definition) is 8. The SMILES string of the molecule is CCSc1nnc(NCC(=O)c2ccc3c(c2)OCCO3)s1. The topological polar surface area (TPSA) is 73.3 Å². The van der Waals surface area contributed by atoms with Crippen LogP contribution in [0.5, 0.6) is 11.5 Å². The fourth-order valence-corrected chi connectivity index (χ4v) is 3.58. The van der Waals surface area contributed by atoms with Crippen LogP contribution in [0.15, 0.2) is 22.5 Å². The van der Waals surface area contributed by atoms with Gasteiger partial charge in [0.1, 0.15) is 13.2 Å². The molecule has 116 valence electrons. The van der Waals surface area contributed by atoms with Gasteiger partial charge < -0.3 is 14.8 Å². The Labute approximate surface area is 136 Å². The number of fused-ring (bicyclic) bond motifs is 1. The summed E-state index contributed by atoms with van der Waals surface area (Å²) in [5.41, 5.74) is 0.587. The molecule has 0 atom stereocenters. The zero-order valence-electron chi connectivity index (χ0n) is 12.0. The van der Waals surface area contributed by atoms with E-state index in [1.54, 1.807) is 30.0 Å². The highest BCUT2D eigenvalue weighted by Gasteiger charge is 2.15. The fraction of sp³-hybridized carbons (Fsp3) is 0.357. The van der Waals surface area contributed by atoms with E-state index in [0.717, 1.165) is 10.1 Å². The average molecular weight is 337 g/mol. The van der Waals surface area contributed by atoms with Crippen LogP contribution in [-0.4, -0.2) is 41.5 Å². The number of ether oxygens (including phenoxy) is 2. The Morgan fingerprint density at radius 2 is 2.14 bits per heavy atom. The van der Waals surface area contributed by atoms with E-state index >= 15 is 0 Å². The van der Waals surface area contributed by atoms with Crippen molar-refractivity contribution in [1.82, 2.24) is 10.2 Å². The monoisotopic (exact) mass is 337 g/mol. The predicted octanol–water partition coefficient (Wildman–Crippen LogP) is 2.72. The maximum atomic E-state index is 12.2. The highest BCUT2D eigenvalue weighted by Crippen LogP contribution is 2.31. The number of Topliss-reactive ketones (excluding diaryl/α,β-unsaturated/α-hetero) is 1. The second kappa shape index (κ2) is 6.97. The van der Waals surface area contributed by atoms with Crippen LogP contribution >= 0.6 is 23.1 Å². The summed E-state index contributed by atoms with van der Waals surface area (Å²) in [6, 6.07) is 5.23. The molecule has 0 saturated heterocycles. The minimum atomic E-state index is -0.0307. The van der Waals surface area contributed by atoms with E-state index in [9.17, 15) is 4.79 Å². The van der Waals surface area contributed by atoms with Crippen LogP contribution < -0.4 is 14.8 Å². The van der Waals surface area contributed by atoms with Crippen molar-refractivity contribution in [2.24, 2.45) is 0 Å². The van der Waals surface area contributed by atoms with E-state index in [0.29, 0.717) is 35.4 Å². The van der Waals surface area contributed by atoms with E-state index in [1.807, 2.05) is 0 Å². The van der Waals surface area contributed by atoms with E-state index in [1.165, 1.54) is 11.3 Å². The third-order valence-electron chi connectivity index (χ3n) is 2.94. The number of nitrogens with zero attached hydrogens (tertiary/aromatic N) is 2.